The van der Waals surface area contributed by atoms with Crippen molar-refractivity contribution in [2.45, 2.75) is 40.2 Å². The Balaban J connectivity index is 2.56. The average molecular weight is 235 g/mol. The minimum atomic E-state index is -0.430. The van der Waals surface area contributed by atoms with Gasteiger partial charge in [-0.15, -0.1) is 0 Å². The molecular formula is C14H21NO2. The van der Waals surface area contributed by atoms with Gasteiger partial charge in [-0.05, 0) is 51.8 Å². The molecular weight excluding hydrogens is 214 g/mol. The number of anilines is 1. The van der Waals surface area contributed by atoms with Crippen LogP contribution in [0.3, 0.4) is 0 Å². The van der Waals surface area contributed by atoms with Crippen LogP contribution in [0.2, 0.25) is 0 Å². The predicted molar refractivity (Wildman–Crippen MR) is 70.3 cm³/mol. The van der Waals surface area contributed by atoms with E-state index in [1.807, 2.05) is 52.8 Å². The quantitative estimate of drug-likeness (QED) is 0.818. The first kappa shape index (κ1) is 13.6. The van der Waals surface area contributed by atoms with Crippen LogP contribution in [0, 0.1) is 13.8 Å². The Bertz CT molecular complexity index is 405. The molecule has 0 saturated carbocycles. The Kier molecular flexibility index (Phi) is 4.16. The third-order valence-corrected chi connectivity index (χ3v) is 2.24. The summed E-state index contributed by atoms with van der Waals surface area (Å²) in [6, 6.07) is 6.11. The molecule has 0 fully saturated rings. The molecule has 0 amide bonds. The van der Waals surface area contributed by atoms with Crippen LogP contribution in [-0.4, -0.2) is 18.1 Å². The van der Waals surface area contributed by atoms with Crippen LogP contribution in [-0.2, 0) is 9.53 Å². The molecule has 3 heteroatoms. The number of esters is 1. The van der Waals surface area contributed by atoms with Gasteiger partial charge in [-0.25, -0.2) is 0 Å². The van der Waals surface area contributed by atoms with Gasteiger partial charge in [0.25, 0.3) is 0 Å². The monoisotopic (exact) mass is 235 g/mol. The topological polar surface area (TPSA) is 38.3 Å². The number of carbonyl (C=O) groups excluding carboxylic acids is 1. The van der Waals surface area contributed by atoms with Crippen molar-refractivity contribution in [1.82, 2.24) is 0 Å². The first-order valence-corrected chi connectivity index (χ1v) is 5.81. The van der Waals surface area contributed by atoms with Crippen molar-refractivity contribution in [3.05, 3.63) is 29.3 Å². The first-order chi connectivity index (χ1) is 7.78. The summed E-state index contributed by atoms with van der Waals surface area (Å²) in [6.45, 7) is 9.82. The van der Waals surface area contributed by atoms with Gasteiger partial charge >= 0.3 is 5.97 Å². The number of hydrogen-bond acceptors (Lipinski definition) is 3. The fraction of sp³-hybridized carbons (Fsp3) is 0.500. The lowest BCUT2D eigenvalue weighted by Crippen LogP contribution is -2.28. The van der Waals surface area contributed by atoms with E-state index >= 15 is 0 Å². The highest BCUT2D eigenvalue weighted by Crippen LogP contribution is 2.16. The van der Waals surface area contributed by atoms with Crippen LogP contribution in [0.15, 0.2) is 18.2 Å². The molecule has 1 aromatic carbocycles. The number of benzene rings is 1. The average Bonchev–Trinajstić information content (AvgIpc) is 2.17. The van der Waals surface area contributed by atoms with Gasteiger partial charge in [-0.2, -0.15) is 0 Å². The van der Waals surface area contributed by atoms with E-state index in [4.69, 9.17) is 4.74 Å². The maximum atomic E-state index is 11.5. The maximum Gasteiger partial charge on any atom is 0.325 e. The highest BCUT2D eigenvalue weighted by atomic mass is 16.6. The summed E-state index contributed by atoms with van der Waals surface area (Å²) in [4.78, 5) is 11.5. The van der Waals surface area contributed by atoms with Crippen molar-refractivity contribution >= 4 is 11.7 Å². The van der Waals surface area contributed by atoms with Crippen molar-refractivity contribution in [3.63, 3.8) is 0 Å². The predicted octanol–water partition coefficient (Wildman–Crippen LogP) is 3.06. The second kappa shape index (κ2) is 5.21. The van der Waals surface area contributed by atoms with Crippen molar-refractivity contribution in [1.29, 1.82) is 0 Å². The first-order valence-electron chi connectivity index (χ1n) is 5.81. The molecule has 0 aliphatic heterocycles. The summed E-state index contributed by atoms with van der Waals surface area (Å²) >= 11 is 0. The molecule has 0 radical (unpaired) electrons. The Morgan fingerprint density at radius 1 is 1.29 bits per heavy atom. The molecule has 1 rings (SSSR count). The third-order valence-electron chi connectivity index (χ3n) is 2.24. The van der Waals surface area contributed by atoms with Crippen molar-refractivity contribution < 1.29 is 9.53 Å². The molecule has 1 aromatic rings. The van der Waals surface area contributed by atoms with E-state index in [9.17, 15) is 4.79 Å². The van der Waals surface area contributed by atoms with E-state index in [2.05, 4.69) is 5.32 Å². The lowest BCUT2D eigenvalue weighted by molar-refractivity contribution is -0.152. The summed E-state index contributed by atoms with van der Waals surface area (Å²) in [6.07, 6.45) is 0. The van der Waals surface area contributed by atoms with Crippen LogP contribution in [0.5, 0.6) is 0 Å². The van der Waals surface area contributed by atoms with Gasteiger partial charge in [0.1, 0.15) is 12.1 Å². The Morgan fingerprint density at radius 2 is 1.94 bits per heavy atom. The molecule has 0 aromatic heterocycles. The fourth-order valence-corrected chi connectivity index (χ4v) is 1.47. The number of nitrogens with one attached hydrogen (secondary N) is 1. The Labute approximate surface area is 103 Å². The van der Waals surface area contributed by atoms with E-state index in [1.165, 1.54) is 5.56 Å². The van der Waals surface area contributed by atoms with Gasteiger partial charge in [0, 0.05) is 5.69 Å². The van der Waals surface area contributed by atoms with E-state index in [0.717, 1.165) is 11.3 Å². The van der Waals surface area contributed by atoms with Gasteiger partial charge in [0.15, 0.2) is 0 Å². The summed E-state index contributed by atoms with van der Waals surface area (Å²) in [5.74, 6) is -0.238. The molecule has 0 spiro atoms. The molecule has 0 unspecified atom stereocenters. The zero-order valence-electron chi connectivity index (χ0n) is 11.3. The molecule has 94 valence electrons. The molecule has 3 nitrogen and oxygen atoms in total. The van der Waals surface area contributed by atoms with Crippen LogP contribution in [0.25, 0.3) is 0 Å². The van der Waals surface area contributed by atoms with Gasteiger partial charge in [-0.1, -0.05) is 12.1 Å². The minimum absolute atomic E-state index is 0.196. The smallest absolute Gasteiger partial charge is 0.325 e. The number of carbonyl (C=O) groups is 1. The van der Waals surface area contributed by atoms with Crippen LogP contribution >= 0.6 is 0 Å². The van der Waals surface area contributed by atoms with Gasteiger partial charge in [0.2, 0.25) is 0 Å². The second-order valence-electron chi connectivity index (χ2n) is 5.26. The zero-order valence-corrected chi connectivity index (χ0v) is 11.3. The summed E-state index contributed by atoms with van der Waals surface area (Å²) in [5, 5.41) is 3.10. The van der Waals surface area contributed by atoms with E-state index < -0.39 is 5.60 Å². The van der Waals surface area contributed by atoms with E-state index in [1.54, 1.807) is 0 Å². The molecule has 0 heterocycles. The normalized spacial score (nSPS) is 11.1. The Hall–Kier alpha value is -1.51. The lowest BCUT2D eigenvalue weighted by atomic mass is 10.1. The molecule has 0 bridgehead atoms. The largest absolute Gasteiger partial charge is 0.459 e. The highest BCUT2D eigenvalue weighted by molar-refractivity contribution is 5.75. The number of rotatable bonds is 3. The maximum absolute atomic E-state index is 11.5. The van der Waals surface area contributed by atoms with Gasteiger partial charge < -0.3 is 10.1 Å². The third kappa shape index (κ3) is 4.89. The van der Waals surface area contributed by atoms with Gasteiger partial charge in [0.05, 0.1) is 0 Å². The van der Waals surface area contributed by atoms with Crippen molar-refractivity contribution in [3.8, 4) is 0 Å². The van der Waals surface area contributed by atoms with Gasteiger partial charge in [-0.3, -0.25) is 4.79 Å². The highest BCUT2D eigenvalue weighted by Gasteiger charge is 2.15. The number of ether oxygens (including phenoxy) is 1. The number of aryl methyl sites for hydroxylation is 2. The Morgan fingerprint density at radius 3 is 2.53 bits per heavy atom. The molecule has 0 aliphatic rings. The summed E-state index contributed by atoms with van der Waals surface area (Å²) < 4.78 is 5.23. The molecule has 0 aliphatic carbocycles. The zero-order chi connectivity index (χ0) is 13.1. The molecule has 17 heavy (non-hydrogen) atoms. The lowest BCUT2D eigenvalue weighted by Gasteiger charge is -2.20. The van der Waals surface area contributed by atoms with Crippen LogP contribution < -0.4 is 5.32 Å². The molecule has 0 atom stereocenters. The summed E-state index contributed by atoms with van der Waals surface area (Å²) in [7, 11) is 0. The SMILES string of the molecule is Cc1ccc(C)c(NCC(=O)OC(C)(C)C)c1. The van der Waals surface area contributed by atoms with Crippen LogP contribution in [0.1, 0.15) is 31.9 Å². The van der Waals surface area contributed by atoms with E-state index in [-0.39, 0.29) is 12.5 Å². The second-order valence-corrected chi connectivity index (χ2v) is 5.26. The molecule has 1 N–H and O–H groups in total. The fourth-order valence-electron chi connectivity index (χ4n) is 1.47. The summed E-state index contributed by atoms with van der Waals surface area (Å²) in [5.41, 5.74) is 2.85. The van der Waals surface area contributed by atoms with Crippen molar-refractivity contribution in [2.24, 2.45) is 0 Å². The number of hydrogen-bond donors (Lipinski definition) is 1. The van der Waals surface area contributed by atoms with Crippen LogP contribution in [0.4, 0.5) is 5.69 Å². The van der Waals surface area contributed by atoms with E-state index in [0.29, 0.717) is 0 Å². The standard InChI is InChI=1S/C14H21NO2/c1-10-6-7-11(2)12(8-10)15-9-13(16)17-14(3,4)5/h6-8,15H,9H2,1-5H3. The molecule has 0 saturated heterocycles. The van der Waals surface area contributed by atoms with Crippen molar-refractivity contribution in [2.75, 3.05) is 11.9 Å². The minimum Gasteiger partial charge on any atom is -0.459 e.